The fraction of sp³-hybridized carbons (Fsp3) is 0.364. The van der Waals surface area contributed by atoms with Gasteiger partial charge in [-0.2, -0.15) is 12.7 Å². The summed E-state index contributed by atoms with van der Waals surface area (Å²) in [4.78, 5) is 68.7. The molecule has 0 saturated carbocycles. The zero-order chi connectivity index (χ0) is 44.4. The number of rotatable bonds is 14. The summed E-state index contributed by atoms with van der Waals surface area (Å²) in [7, 11) is -2.85. The molecule has 5 aromatic rings. The molecule has 3 aromatic heterocycles. The van der Waals surface area contributed by atoms with Crippen molar-refractivity contribution in [2.75, 3.05) is 72.7 Å². The van der Waals surface area contributed by atoms with Crippen LogP contribution < -0.4 is 25.2 Å². The van der Waals surface area contributed by atoms with E-state index in [9.17, 15) is 27.6 Å². The lowest BCUT2D eigenvalue weighted by Crippen LogP contribution is -2.51. The van der Waals surface area contributed by atoms with Crippen LogP contribution in [0.25, 0.3) is 22.2 Å². The summed E-state index contributed by atoms with van der Waals surface area (Å²) in [6.45, 7) is 5.63. The molecule has 0 spiro atoms. The number of piperidine rings is 2. The van der Waals surface area contributed by atoms with E-state index >= 15 is 8.78 Å². The van der Waals surface area contributed by atoms with Gasteiger partial charge in [-0.1, -0.05) is 6.92 Å². The smallest absolute Gasteiger partial charge is 0.301 e. The number of halogens is 2. The van der Waals surface area contributed by atoms with Crippen molar-refractivity contribution in [2.45, 2.75) is 45.1 Å². The van der Waals surface area contributed by atoms with E-state index in [0.717, 1.165) is 60.2 Å². The third-order valence-electron chi connectivity index (χ3n) is 12.1. The van der Waals surface area contributed by atoms with Crippen LogP contribution in [0.4, 0.5) is 31.7 Å². The predicted octanol–water partition coefficient (Wildman–Crippen LogP) is 4.91. The maximum atomic E-state index is 15.6. The summed E-state index contributed by atoms with van der Waals surface area (Å²) in [5, 5.41) is 5.90. The van der Waals surface area contributed by atoms with Gasteiger partial charge in [0.05, 0.1) is 17.8 Å². The Labute approximate surface area is 363 Å². The lowest BCUT2D eigenvalue weighted by Gasteiger charge is -2.37. The number of piperazine rings is 1. The first-order valence-corrected chi connectivity index (χ1v) is 22.4. The van der Waals surface area contributed by atoms with Gasteiger partial charge < -0.3 is 25.0 Å². The van der Waals surface area contributed by atoms with Crippen molar-refractivity contribution in [2.24, 2.45) is 5.92 Å². The molecule has 8 rings (SSSR count). The van der Waals surface area contributed by atoms with Crippen molar-refractivity contribution in [1.82, 2.24) is 29.5 Å². The largest absolute Gasteiger partial charge is 0.374 e. The number of hydrogen-bond donors (Lipinski definition) is 4. The highest BCUT2D eigenvalue weighted by atomic mass is 32.2. The van der Waals surface area contributed by atoms with E-state index < -0.39 is 44.9 Å². The Bertz CT molecular complexity index is 2650. The van der Waals surface area contributed by atoms with E-state index in [0.29, 0.717) is 66.4 Å². The molecule has 330 valence electrons. The normalized spacial score (nSPS) is 17.7. The predicted molar refractivity (Wildman–Crippen MR) is 235 cm³/mol. The molecular formula is C44H48F2N10O6S. The number of benzene rings is 2. The average Bonchev–Trinajstić information content (AvgIpc) is 3.72. The lowest BCUT2D eigenvalue weighted by molar-refractivity contribution is -0.134. The van der Waals surface area contributed by atoms with Gasteiger partial charge in [-0.25, -0.2) is 18.7 Å². The molecule has 1 atom stereocenters. The van der Waals surface area contributed by atoms with Crippen molar-refractivity contribution in [1.29, 1.82) is 0 Å². The van der Waals surface area contributed by atoms with E-state index in [-0.39, 0.29) is 36.4 Å². The molecule has 19 heteroatoms. The first kappa shape index (κ1) is 43.2. The number of nitrogens with zero attached hydrogens (tertiary/aromatic N) is 6. The molecule has 0 radical (unpaired) electrons. The SMILES string of the molecule is CCN(C)S(=O)(=O)Nc1ccc(F)c(C(=O)c2c[nH]c3ncc(-c4ccc(N5CCN(CCC6CCN(c7ccc(NC8CCC(=O)NC8=O)cc7)CC6)C(=O)C5)nc4)cc23)c1F. The zero-order valence-corrected chi connectivity index (χ0v) is 35.7. The minimum atomic E-state index is -4.15. The van der Waals surface area contributed by atoms with Gasteiger partial charge in [0.1, 0.15) is 23.3 Å². The first-order chi connectivity index (χ1) is 30.3. The second-order valence-electron chi connectivity index (χ2n) is 16.1. The molecule has 4 N–H and O–H groups in total. The highest BCUT2D eigenvalue weighted by molar-refractivity contribution is 7.90. The van der Waals surface area contributed by atoms with E-state index in [2.05, 4.69) is 47.3 Å². The van der Waals surface area contributed by atoms with Crippen LogP contribution in [0.3, 0.4) is 0 Å². The number of amides is 3. The van der Waals surface area contributed by atoms with Gasteiger partial charge in [0.2, 0.25) is 23.5 Å². The van der Waals surface area contributed by atoms with Gasteiger partial charge in [0.25, 0.3) is 0 Å². The number of aromatic amines is 1. The summed E-state index contributed by atoms with van der Waals surface area (Å²) in [6, 6.07) is 14.7. The standard InChI is InChI=1S/C44H48F2N10O6S/c1-3-53(2)63(61,62)52-35-10-9-34(45)40(41(35)46)42(59)33-25-49-43-32(33)22-29(24-48-43)28-4-12-37(47-23-28)56-21-20-55(39(58)26-56)19-16-27-14-17-54(18-15-27)31-7-5-30(6-8-31)50-36-11-13-38(57)51-44(36)60/h4-10,12,22-25,27,36,50,52H,3,11,13-21,26H2,1-2H3,(H,48,49)(H,51,57,60). The number of ketones is 1. The van der Waals surface area contributed by atoms with Crippen LogP contribution >= 0.6 is 0 Å². The van der Waals surface area contributed by atoms with Gasteiger partial charge in [0.15, 0.2) is 5.82 Å². The second kappa shape index (κ2) is 18.1. The maximum absolute atomic E-state index is 15.6. The molecule has 1 unspecified atom stereocenters. The van der Waals surface area contributed by atoms with Gasteiger partial charge in [0, 0.05) is 105 Å². The van der Waals surface area contributed by atoms with Crippen molar-refractivity contribution in [3.63, 3.8) is 0 Å². The van der Waals surface area contributed by atoms with Crippen molar-refractivity contribution < 1.29 is 36.4 Å². The van der Waals surface area contributed by atoms with Crippen LogP contribution in [-0.4, -0.2) is 115 Å². The van der Waals surface area contributed by atoms with E-state index in [1.807, 2.05) is 34.1 Å². The fourth-order valence-electron chi connectivity index (χ4n) is 8.21. The molecule has 0 bridgehead atoms. The van der Waals surface area contributed by atoms with Crippen LogP contribution in [0.15, 0.2) is 73.2 Å². The summed E-state index contributed by atoms with van der Waals surface area (Å²) in [5.41, 5.74) is 1.98. The summed E-state index contributed by atoms with van der Waals surface area (Å²) in [5.74, 6) is -2.83. The Balaban J connectivity index is 0.836. The highest BCUT2D eigenvalue weighted by Gasteiger charge is 2.30. The number of fused-ring (bicyclic) bond motifs is 1. The summed E-state index contributed by atoms with van der Waals surface area (Å²) < 4.78 is 58.8. The van der Waals surface area contributed by atoms with Crippen LogP contribution in [0.1, 0.15) is 54.9 Å². The second-order valence-corrected chi connectivity index (χ2v) is 17.9. The van der Waals surface area contributed by atoms with Gasteiger partial charge in [-0.3, -0.25) is 29.2 Å². The van der Waals surface area contributed by atoms with Gasteiger partial charge >= 0.3 is 10.2 Å². The van der Waals surface area contributed by atoms with E-state index in [1.165, 1.54) is 13.2 Å². The third-order valence-corrected chi connectivity index (χ3v) is 13.7. The zero-order valence-electron chi connectivity index (χ0n) is 34.9. The number of carbonyl (C=O) groups is 4. The highest BCUT2D eigenvalue weighted by Crippen LogP contribution is 2.31. The molecule has 63 heavy (non-hydrogen) atoms. The first-order valence-electron chi connectivity index (χ1n) is 21.0. The Kier molecular flexibility index (Phi) is 12.4. The summed E-state index contributed by atoms with van der Waals surface area (Å²) in [6.07, 6.45) is 8.32. The Morgan fingerprint density at radius 1 is 0.921 bits per heavy atom. The maximum Gasteiger partial charge on any atom is 0.301 e. The molecule has 16 nitrogen and oxygen atoms in total. The number of pyridine rings is 2. The number of nitrogens with one attached hydrogen (secondary N) is 4. The van der Waals surface area contributed by atoms with Crippen LogP contribution in [0.5, 0.6) is 0 Å². The van der Waals surface area contributed by atoms with Crippen molar-refractivity contribution >= 4 is 67.6 Å². The number of H-pyrrole nitrogens is 1. The lowest BCUT2D eigenvalue weighted by atomic mass is 9.93. The Morgan fingerprint density at radius 3 is 2.38 bits per heavy atom. The number of imide groups is 1. The molecule has 6 heterocycles. The molecule has 3 aliphatic heterocycles. The van der Waals surface area contributed by atoms with E-state index in [1.54, 1.807) is 25.4 Å². The molecule has 3 saturated heterocycles. The number of carbonyl (C=O) groups excluding carboxylic acids is 4. The molecule has 0 aliphatic carbocycles. The molecule has 3 aliphatic rings. The Hall–Kier alpha value is -6.47. The molecular weight excluding hydrogens is 835 g/mol. The summed E-state index contributed by atoms with van der Waals surface area (Å²) >= 11 is 0. The molecule has 3 fully saturated rings. The van der Waals surface area contributed by atoms with Crippen LogP contribution in [0, 0.1) is 17.6 Å². The van der Waals surface area contributed by atoms with Crippen LogP contribution in [-0.2, 0) is 24.6 Å². The third kappa shape index (κ3) is 9.34. The van der Waals surface area contributed by atoms with Crippen LogP contribution in [0.2, 0.25) is 0 Å². The number of anilines is 4. The average molecular weight is 883 g/mol. The van der Waals surface area contributed by atoms with E-state index in [4.69, 9.17) is 0 Å². The van der Waals surface area contributed by atoms with Gasteiger partial charge in [-0.15, -0.1) is 0 Å². The fourth-order valence-corrected chi connectivity index (χ4v) is 9.14. The monoisotopic (exact) mass is 882 g/mol. The Morgan fingerprint density at radius 2 is 1.68 bits per heavy atom. The van der Waals surface area contributed by atoms with Crippen molar-refractivity contribution in [3.8, 4) is 11.1 Å². The minimum absolute atomic E-state index is 0.0407. The molecule has 3 amide bonds. The topological polar surface area (TPSA) is 193 Å². The number of hydrogen-bond acceptors (Lipinski definition) is 11. The number of aromatic nitrogens is 3. The quantitative estimate of drug-likeness (QED) is 0.0875. The van der Waals surface area contributed by atoms with Gasteiger partial charge in [-0.05, 0) is 86.2 Å². The van der Waals surface area contributed by atoms with Crippen molar-refractivity contribution in [3.05, 3.63) is 95.9 Å². The minimum Gasteiger partial charge on any atom is -0.374 e. The molecule has 2 aromatic carbocycles.